The van der Waals surface area contributed by atoms with Crippen molar-refractivity contribution < 1.29 is 20.1 Å². The van der Waals surface area contributed by atoms with E-state index in [9.17, 15) is 24.9 Å². The number of aromatic carboxylic acids is 1. The zero-order valence-corrected chi connectivity index (χ0v) is 15.8. The number of para-hydroxylation sites is 2. The maximum atomic E-state index is 12.6. The summed E-state index contributed by atoms with van der Waals surface area (Å²) >= 11 is 0. The van der Waals surface area contributed by atoms with Crippen LogP contribution in [0.25, 0.3) is 11.0 Å². The number of carboxylic acids is 1. The number of nitrogens with zero attached hydrogens (tertiary/aromatic N) is 2. The van der Waals surface area contributed by atoms with E-state index in [-0.39, 0.29) is 29.7 Å². The van der Waals surface area contributed by atoms with Crippen LogP contribution in [0.2, 0.25) is 0 Å². The summed E-state index contributed by atoms with van der Waals surface area (Å²) in [7, 11) is 0. The minimum Gasteiger partial charge on any atom is -0.507 e. The molecule has 2 unspecified atom stereocenters. The monoisotopic (exact) mass is 397 g/mol. The quantitative estimate of drug-likeness (QED) is 0.525. The summed E-state index contributed by atoms with van der Waals surface area (Å²) in [6.07, 6.45) is 1.57. The lowest BCUT2D eigenvalue weighted by Crippen LogP contribution is -2.42. The molecule has 8 heteroatoms. The van der Waals surface area contributed by atoms with E-state index in [1.807, 2.05) is 24.3 Å². The Kier molecular flexibility index (Phi) is 5.12. The van der Waals surface area contributed by atoms with Gasteiger partial charge < -0.3 is 20.3 Å². The number of hydrogen-bond donors (Lipinski definition) is 4. The third-order valence-electron chi connectivity index (χ3n) is 5.54. The highest BCUT2D eigenvalue weighted by molar-refractivity contribution is 5.90. The SMILES string of the molecule is O=C(O)c1cc(C(O)CN2CCCCC2n2c(=O)[nH]c3ccccc32)ccc1O. The lowest BCUT2D eigenvalue weighted by Gasteiger charge is -2.37. The van der Waals surface area contributed by atoms with Crippen LogP contribution in [0.1, 0.15) is 47.5 Å². The average Bonchev–Trinajstić information content (AvgIpc) is 3.04. The van der Waals surface area contributed by atoms with E-state index in [1.54, 1.807) is 4.57 Å². The molecule has 4 N–H and O–H groups in total. The summed E-state index contributed by atoms with van der Waals surface area (Å²) in [6, 6.07) is 11.6. The molecule has 1 aliphatic heterocycles. The van der Waals surface area contributed by atoms with Gasteiger partial charge in [0.1, 0.15) is 11.3 Å². The number of aliphatic hydroxyl groups is 1. The predicted octanol–water partition coefficient (Wildman–Crippen LogP) is 2.45. The van der Waals surface area contributed by atoms with Crippen molar-refractivity contribution >= 4 is 17.0 Å². The molecule has 1 saturated heterocycles. The Morgan fingerprint density at radius 2 is 2.00 bits per heavy atom. The number of phenols is 1. The first-order valence-corrected chi connectivity index (χ1v) is 9.63. The Hall–Kier alpha value is -3.10. The van der Waals surface area contributed by atoms with Crippen molar-refractivity contribution in [2.75, 3.05) is 13.1 Å². The normalized spacial score (nSPS) is 18.7. The molecule has 2 heterocycles. The van der Waals surface area contributed by atoms with Gasteiger partial charge in [-0.15, -0.1) is 0 Å². The van der Waals surface area contributed by atoms with Crippen LogP contribution in [0.4, 0.5) is 0 Å². The summed E-state index contributed by atoms with van der Waals surface area (Å²) in [4.78, 5) is 28.8. The van der Waals surface area contributed by atoms with E-state index in [1.165, 1.54) is 18.2 Å². The fraction of sp³-hybridized carbons (Fsp3) is 0.333. The minimum absolute atomic E-state index is 0.185. The molecule has 1 fully saturated rings. The van der Waals surface area contributed by atoms with Crippen LogP contribution in [0, 0.1) is 0 Å². The van der Waals surface area contributed by atoms with Crippen molar-refractivity contribution in [3.63, 3.8) is 0 Å². The highest BCUT2D eigenvalue weighted by Gasteiger charge is 2.29. The summed E-state index contributed by atoms with van der Waals surface area (Å²) in [5.41, 5.74) is 1.57. The largest absolute Gasteiger partial charge is 0.507 e. The van der Waals surface area contributed by atoms with Gasteiger partial charge in [0.25, 0.3) is 0 Å². The molecule has 1 aromatic heterocycles. The molecule has 152 valence electrons. The van der Waals surface area contributed by atoms with Gasteiger partial charge in [-0.3, -0.25) is 9.47 Å². The molecule has 0 amide bonds. The Bertz CT molecular complexity index is 1100. The number of rotatable bonds is 5. The molecule has 29 heavy (non-hydrogen) atoms. The minimum atomic E-state index is -1.25. The second-order valence-corrected chi connectivity index (χ2v) is 7.39. The standard InChI is InChI=1S/C21H23N3O5/c25-17-9-8-13(11-14(17)20(27)28)18(26)12-23-10-4-3-7-19(23)24-16-6-2-1-5-15(16)22-21(24)29/h1-2,5-6,8-9,11,18-19,25-26H,3-4,7,10,12H2,(H,22,29)(H,27,28). The number of carbonyl (C=O) groups is 1. The number of imidazole rings is 1. The number of aromatic nitrogens is 2. The number of likely N-dealkylation sites (tertiary alicyclic amines) is 1. The molecule has 0 saturated carbocycles. The second-order valence-electron chi connectivity index (χ2n) is 7.39. The van der Waals surface area contributed by atoms with E-state index in [2.05, 4.69) is 9.88 Å². The van der Waals surface area contributed by atoms with E-state index < -0.39 is 12.1 Å². The van der Waals surface area contributed by atoms with E-state index in [0.29, 0.717) is 5.56 Å². The number of hydrogen-bond acceptors (Lipinski definition) is 5. The van der Waals surface area contributed by atoms with Gasteiger partial charge in [0.2, 0.25) is 0 Å². The van der Waals surface area contributed by atoms with Gasteiger partial charge in [-0.25, -0.2) is 9.59 Å². The summed E-state index contributed by atoms with van der Waals surface area (Å²) in [5.74, 6) is -1.59. The molecule has 3 aromatic rings. The van der Waals surface area contributed by atoms with Crippen LogP contribution in [0.5, 0.6) is 5.75 Å². The van der Waals surface area contributed by atoms with Gasteiger partial charge in [-0.1, -0.05) is 18.2 Å². The summed E-state index contributed by atoms with van der Waals surface area (Å²) in [5, 5.41) is 29.6. The molecule has 0 spiro atoms. The Morgan fingerprint density at radius 1 is 1.21 bits per heavy atom. The van der Waals surface area contributed by atoms with E-state index >= 15 is 0 Å². The molecule has 0 radical (unpaired) electrons. The number of piperidine rings is 1. The average molecular weight is 397 g/mol. The zero-order chi connectivity index (χ0) is 20.5. The summed E-state index contributed by atoms with van der Waals surface area (Å²) in [6.45, 7) is 0.970. The predicted molar refractivity (Wildman–Crippen MR) is 107 cm³/mol. The first-order valence-electron chi connectivity index (χ1n) is 9.63. The van der Waals surface area contributed by atoms with Crippen LogP contribution in [0.3, 0.4) is 0 Å². The molecule has 2 atom stereocenters. The lowest BCUT2D eigenvalue weighted by atomic mass is 10.0. The molecule has 0 bridgehead atoms. The maximum Gasteiger partial charge on any atom is 0.339 e. The van der Waals surface area contributed by atoms with Gasteiger partial charge in [-0.2, -0.15) is 0 Å². The van der Waals surface area contributed by atoms with Crippen molar-refractivity contribution in [3.05, 3.63) is 64.1 Å². The van der Waals surface area contributed by atoms with Gasteiger partial charge in [0, 0.05) is 13.1 Å². The second kappa shape index (κ2) is 7.73. The number of aliphatic hydroxyl groups excluding tert-OH is 1. The molecule has 8 nitrogen and oxygen atoms in total. The zero-order valence-electron chi connectivity index (χ0n) is 15.8. The number of aromatic amines is 1. The highest BCUT2D eigenvalue weighted by Crippen LogP contribution is 2.30. The van der Waals surface area contributed by atoms with Gasteiger partial charge in [0.15, 0.2) is 0 Å². The van der Waals surface area contributed by atoms with Crippen molar-refractivity contribution in [1.29, 1.82) is 0 Å². The molecule has 4 rings (SSSR count). The third kappa shape index (κ3) is 3.64. The van der Waals surface area contributed by atoms with Crippen molar-refractivity contribution in [3.8, 4) is 5.75 Å². The smallest absolute Gasteiger partial charge is 0.339 e. The Labute approximate surface area is 166 Å². The van der Waals surface area contributed by atoms with Gasteiger partial charge >= 0.3 is 11.7 Å². The van der Waals surface area contributed by atoms with Crippen molar-refractivity contribution in [2.45, 2.75) is 31.5 Å². The number of aromatic hydroxyl groups is 1. The molecule has 0 aliphatic carbocycles. The first kappa shape index (κ1) is 19.2. The van der Waals surface area contributed by atoms with Crippen LogP contribution in [0.15, 0.2) is 47.3 Å². The molecule has 1 aliphatic rings. The number of carboxylic acid groups (broad SMARTS) is 1. The number of H-pyrrole nitrogens is 1. The van der Waals surface area contributed by atoms with Crippen LogP contribution in [-0.4, -0.2) is 48.8 Å². The highest BCUT2D eigenvalue weighted by atomic mass is 16.4. The van der Waals surface area contributed by atoms with E-state index in [0.717, 1.165) is 36.8 Å². The molecule has 2 aromatic carbocycles. The number of β-amino-alcohol motifs (C(OH)–C–C–N with tert-alkyl or cyclic N) is 1. The number of fused-ring (bicyclic) bond motifs is 1. The maximum absolute atomic E-state index is 12.6. The topological polar surface area (TPSA) is 119 Å². The number of nitrogens with one attached hydrogen (secondary N) is 1. The molecular formula is C21H23N3O5. The Balaban J connectivity index is 1.63. The molecular weight excluding hydrogens is 374 g/mol. The van der Waals surface area contributed by atoms with Gasteiger partial charge in [0.05, 0.1) is 23.3 Å². The van der Waals surface area contributed by atoms with E-state index in [4.69, 9.17) is 0 Å². The Morgan fingerprint density at radius 3 is 2.79 bits per heavy atom. The van der Waals surface area contributed by atoms with Crippen LogP contribution < -0.4 is 5.69 Å². The third-order valence-corrected chi connectivity index (χ3v) is 5.54. The van der Waals surface area contributed by atoms with Gasteiger partial charge in [-0.05, 0) is 49.1 Å². The summed E-state index contributed by atoms with van der Waals surface area (Å²) < 4.78 is 1.74. The fourth-order valence-corrected chi connectivity index (χ4v) is 4.11. The van der Waals surface area contributed by atoms with Crippen LogP contribution in [-0.2, 0) is 0 Å². The lowest BCUT2D eigenvalue weighted by molar-refractivity contribution is 0.0381. The fourth-order valence-electron chi connectivity index (χ4n) is 4.11. The van der Waals surface area contributed by atoms with Crippen molar-refractivity contribution in [1.82, 2.24) is 14.5 Å². The van der Waals surface area contributed by atoms with Crippen LogP contribution >= 0.6 is 0 Å². The number of benzene rings is 2. The van der Waals surface area contributed by atoms with Crippen molar-refractivity contribution in [2.24, 2.45) is 0 Å². The first-order chi connectivity index (χ1) is 14.0.